The van der Waals surface area contributed by atoms with E-state index in [0.717, 1.165) is 16.8 Å². The Balaban J connectivity index is 1.67. The number of nitrogens with one attached hydrogen (secondary N) is 1. The molecule has 0 radical (unpaired) electrons. The molecule has 0 spiro atoms. The van der Waals surface area contributed by atoms with E-state index in [1.54, 1.807) is 6.33 Å². The standard InChI is InChI=1S/C14H14BrN3/c15-12-3-1-2-10(6-12)8-16-14-7-13(11-4-5-11)17-9-18-14/h1-3,6-7,9,11H,4-5,8H2,(H,16,17,18). The number of anilines is 1. The Morgan fingerprint density at radius 2 is 2.11 bits per heavy atom. The Labute approximate surface area is 115 Å². The second-order valence-corrected chi connectivity index (χ2v) is 5.50. The molecule has 4 heteroatoms. The number of hydrogen-bond acceptors (Lipinski definition) is 3. The topological polar surface area (TPSA) is 37.8 Å². The summed E-state index contributed by atoms with van der Waals surface area (Å²) < 4.78 is 1.10. The van der Waals surface area contributed by atoms with Crippen LogP contribution in [0.25, 0.3) is 0 Å². The number of hydrogen-bond donors (Lipinski definition) is 1. The van der Waals surface area contributed by atoms with Gasteiger partial charge in [0.25, 0.3) is 0 Å². The van der Waals surface area contributed by atoms with Crippen LogP contribution in [0.15, 0.2) is 41.1 Å². The van der Waals surface area contributed by atoms with E-state index >= 15 is 0 Å². The van der Waals surface area contributed by atoms with Gasteiger partial charge in [0, 0.05) is 28.7 Å². The van der Waals surface area contributed by atoms with Gasteiger partial charge in [-0.15, -0.1) is 0 Å². The fraction of sp³-hybridized carbons (Fsp3) is 0.286. The highest BCUT2D eigenvalue weighted by Crippen LogP contribution is 2.39. The summed E-state index contributed by atoms with van der Waals surface area (Å²) in [5.74, 6) is 1.58. The first-order valence-corrected chi connectivity index (χ1v) is 6.91. The number of halogens is 1. The Bertz CT molecular complexity index is 552. The maximum Gasteiger partial charge on any atom is 0.129 e. The monoisotopic (exact) mass is 303 g/mol. The predicted molar refractivity (Wildman–Crippen MR) is 75.5 cm³/mol. The van der Waals surface area contributed by atoms with E-state index < -0.39 is 0 Å². The van der Waals surface area contributed by atoms with Gasteiger partial charge in [0.1, 0.15) is 12.1 Å². The first kappa shape index (κ1) is 11.7. The lowest BCUT2D eigenvalue weighted by Gasteiger charge is -2.07. The summed E-state index contributed by atoms with van der Waals surface area (Å²) in [6.45, 7) is 0.778. The van der Waals surface area contributed by atoms with E-state index in [2.05, 4.69) is 49.4 Å². The van der Waals surface area contributed by atoms with Crippen LogP contribution in [-0.2, 0) is 6.54 Å². The Kier molecular flexibility index (Phi) is 3.28. The zero-order chi connectivity index (χ0) is 12.4. The van der Waals surface area contributed by atoms with E-state index in [9.17, 15) is 0 Å². The molecule has 1 saturated carbocycles. The molecule has 0 unspecified atom stereocenters. The van der Waals surface area contributed by atoms with Gasteiger partial charge in [-0.25, -0.2) is 9.97 Å². The summed E-state index contributed by atoms with van der Waals surface area (Å²) in [4.78, 5) is 8.57. The van der Waals surface area contributed by atoms with Gasteiger partial charge in [-0.1, -0.05) is 28.1 Å². The van der Waals surface area contributed by atoms with Crippen molar-refractivity contribution in [1.29, 1.82) is 0 Å². The average Bonchev–Trinajstić information content (AvgIpc) is 3.21. The predicted octanol–water partition coefficient (Wildman–Crippen LogP) is 3.73. The fourth-order valence-corrected chi connectivity index (χ4v) is 2.36. The molecule has 1 aliphatic rings. The molecule has 0 saturated heterocycles. The molecule has 3 rings (SSSR count). The average molecular weight is 304 g/mol. The van der Waals surface area contributed by atoms with Gasteiger partial charge in [0.15, 0.2) is 0 Å². The maximum absolute atomic E-state index is 4.31. The third-order valence-electron chi connectivity index (χ3n) is 3.05. The van der Waals surface area contributed by atoms with Crippen molar-refractivity contribution in [2.24, 2.45) is 0 Å². The van der Waals surface area contributed by atoms with Gasteiger partial charge in [-0.05, 0) is 30.5 Å². The van der Waals surface area contributed by atoms with Crippen LogP contribution in [0.1, 0.15) is 30.0 Å². The van der Waals surface area contributed by atoms with Crippen LogP contribution in [0, 0.1) is 0 Å². The maximum atomic E-state index is 4.31. The molecule has 18 heavy (non-hydrogen) atoms. The van der Waals surface area contributed by atoms with Crippen molar-refractivity contribution in [2.45, 2.75) is 25.3 Å². The van der Waals surface area contributed by atoms with Gasteiger partial charge >= 0.3 is 0 Å². The molecule has 1 aliphatic carbocycles. The smallest absolute Gasteiger partial charge is 0.129 e. The van der Waals surface area contributed by atoms with E-state index in [1.807, 2.05) is 12.1 Å². The minimum atomic E-state index is 0.666. The molecule has 2 aromatic rings. The molecular weight excluding hydrogens is 290 g/mol. The van der Waals surface area contributed by atoms with Gasteiger partial charge in [-0.2, -0.15) is 0 Å². The van der Waals surface area contributed by atoms with Gasteiger partial charge in [0.05, 0.1) is 0 Å². The minimum Gasteiger partial charge on any atom is -0.366 e. The molecule has 0 amide bonds. The summed E-state index contributed by atoms with van der Waals surface area (Å²) in [6.07, 6.45) is 4.18. The van der Waals surface area contributed by atoms with Crippen LogP contribution < -0.4 is 5.32 Å². The molecule has 1 N–H and O–H groups in total. The summed E-state index contributed by atoms with van der Waals surface area (Å²) in [7, 11) is 0. The van der Waals surface area contributed by atoms with Gasteiger partial charge < -0.3 is 5.32 Å². The molecule has 0 aliphatic heterocycles. The van der Waals surface area contributed by atoms with E-state index in [-0.39, 0.29) is 0 Å². The van der Waals surface area contributed by atoms with Crippen molar-refractivity contribution < 1.29 is 0 Å². The molecule has 1 fully saturated rings. The molecule has 0 atom stereocenters. The molecule has 1 aromatic carbocycles. The van der Waals surface area contributed by atoms with Crippen LogP contribution in [-0.4, -0.2) is 9.97 Å². The summed E-state index contributed by atoms with van der Waals surface area (Å²) in [5, 5.41) is 3.34. The van der Waals surface area contributed by atoms with Crippen molar-refractivity contribution in [3.8, 4) is 0 Å². The lowest BCUT2D eigenvalue weighted by Crippen LogP contribution is -2.02. The van der Waals surface area contributed by atoms with E-state index in [4.69, 9.17) is 0 Å². The van der Waals surface area contributed by atoms with Crippen LogP contribution in [0.5, 0.6) is 0 Å². The van der Waals surface area contributed by atoms with Crippen LogP contribution in [0.4, 0.5) is 5.82 Å². The van der Waals surface area contributed by atoms with Crippen molar-refractivity contribution >= 4 is 21.7 Å². The molecule has 92 valence electrons. The quantitative estimate of drug-likeness (QED) is 0.935. The van der Waals surface area contributed by atoms with Crippen molar-refractivity contribution in [2.75, 3.05) is 5.32 Å². The van der Waals surface area contributed by atoms with Crippen LogP contribution >= 0.6 is 15.9 Å². The highest BCUT2D eigenvalue weighted by atomic mass is 79.9. The third kappa shape index (κ3) is 2.88. The Morgan fingerprint density at radius 3 is 2.89 bits per heavy atom. The van der Waals surface area contributed by atoms with Gasteiger partial charge in [0.2, 0.25) is 0 Å². The Hall–Kier alpha value is -1.42. The summed E-state index contributed by atoms with van der Waals surface area (Å²) >= 11 is 3.47. The molecule has 1 heterocycles. The minimum absolute atomic E-state index is 0.666. The number of rotatable bonds is 4. The first-order valence-electron chi connectivity index (χ1n) is 6.11. The zero-order valence-electron chi connectivity index (χ0n) is 9.94. The van der Waals surface area contributed by atoms with Crippen LogP contribution in [0.2, 0.25) is 0 Å². The molecule has 3 nitrogen and oxygen atoms in total. The normalized spacial score (nSPS) is 14.5. The molecular formula is C14H14BrN3. The molecule has 1 aromatic heterocycles. The van der Waals surface area contributed by atoms with Crippen molar-refractivity contribution in [3.05, 3.63) is 52.4 Å². The number of aromatic nitrogens is 2. The molecule has 0 bridgehead atoms. The summed E-state index contributed by atoms with van der Waals surface area (Å²) in [6, 6.07) is 10.3. The zero-order valence-corrected chi connectivity index (χ0v) is 11.5. The summed E-state index contributed by atoms with van der Waals surface area (Å²) in [5.41, 5.74) is 2.40. The van der Waals surface area contributed by atoms with E-state index in [1.165, 1.54) is 24.1 Å². The SMILES string of the molecule is Brc1cccc(CNc2cc(C3CC3)ncn2)c1. The second kappa shape index (κ2) is 5.06. The van der Waals surface area contributed by atoms with Crippen molar-refractivity contribution in [1.82, 2.24) is 9.97 Å². The highest BCUT2D eigenvalue weighted by molar-refractivity contribution is 9.10. The Morgan fingerprint density at radius 1 is 1.22 bits per heavy atom. The lowest BCUT2D eigenvalue weighted by molar-refractivity contribution is 0.977. The lowest BCUT2D eigenvalue weighted by atomic mass is 10.2. The van der Waals surface area contributed by atoms with E-state index in [0.29, 0.717) is 5.92 Å². The highest BCUT2D eigenvalue weighted by Gasteiger charge is 2.25. The number of nitrogens with zero attached hydrogens (tertiary/aromatic N) is 2. The van der Waals surface area contributed by atoms with Gasteiger partial charge in [-0.3, -0.25) is 0 Å². The largest absolute Gasteiger partial charge is 0.366 e. The third-order valence-corrected chi connectivity index (χ3v) is 3.54. The first-order chi connectivity index (χ1) is 8.81. The van der Waals surface area contributed by atoms with Crippen LogP contribution in [0.3, 0.4) is 0 Å². The number of benzene rings is 1. The fourth-order valence-electron chi connectivity index (χ4n) is 1.91. The van der Waals surface area contributed by atoms with Crippen molar-refractivity contribution in [3.63, 3.8) is 0 Å². The second-order valence-electron chi connectivity index (χ2n) is 4.59.